The van der Waals surface area contributed by atoms with Crippen molar-refractivity contribution in [2.45, 2.75) is 42.0 Å². The zero-order valence-corrected chi connectivity index (χ0v) is 13.7. The lowest BCUT2D eigenvalue weighted by Crippen LogP contribution is -2.42. The molecular formula is C12H17BrN2O2S2. The van der Waals surface area contributed by atoms with Crippen molar-refractivity contribution in [3.05, 3.63) is 15.9 Å². The molecule has 1 saturated heterocycles. The molecule has 0 amide bonds. The number of thiophene rings is 1. The van der Waals surface area contributed by atoms with E-state index in [1.807, 2.05) is 0 Å². The SMILES string of the molecule is O=S(=O)(c1ccc(Br)s1)N(CC1CCCN1)C1CC1. The van der Waals surface area contributed by atoms with Crippen LogP contribution in [0, 0.1) is 0 Å². The molecule has 1 aromatic rings. The van der Waals surface area contributed by atoms with Crippen molar-refractivity contribution >= 4 is 37.3 Å². The molecule has 1 aliphatic carbocycles. The van der Waals surface area contributed by atoms with E-state index in [1.165, 1.54) is 11.3 Å². The fourth-order valence-electron chi connectivity index (χ4n) is 2.49. The van der Waals surface area contributed by atoms with Crippen LogP contribution in [0.25, 0.3) is 0 Å². The summed E-state index contributed by atoms with van der Waals surface area (Å²) in [6.45, 7) is 1.62. The Morgan fingerprint density at radius 2 is 2.16 bits per heavy atom. The van der Waals surface area contributed by atoms with Gasteiger partial charge in [0.05, 0.1) is 3.79 Å². The minimum absolute atomic E-state index is 0.216. The lowest BCUT2D eigenvalue weighted by molar-refractivity contribution is 0.363. The van der Waals surface area contributed by atoms with Crippen LogP contribution >= 0.6 is 27.3 Å². The summed E-state index contributed by atoms with van der Waals surface area (Å²) in [6.07, 6.45) is 4.22. The van der Waals surface area contributed by atoms with E-state index in [2.05, 4.69) is 21.2 Å². The zero-order chi connectivity index (χ0) is 13.5. The van der Waals surface area contributed by atoms with Gasteiger partial charge in [-0.25, -0.2) is 8.42 Å². The summed E-state index contributed by atoms with van der Waals surface area (Å²) in [5, 5.41) is 3.39. The average Bonchev–Trinajstić information content (AvgIpc) is 2.88. The molecular weight excluding hydrogens is 348 g/mol. The molecule has 0 spiro atoms. The smallest absolute Gasteiger partial charge is 0.252 e. The van der Waals surface area contributed by atoms with E-state index in [-0.39, 0.29) is 6.04 Å². The van der Waals surface area contributed by atoms with Crippen molar-refractivity contribution in [1.29, 1.82) is 0 Å². The lowest BCUT2D eigenvalue weighted by Gasteiger charge is -2.24. The van der Waals surface area contributed by atoms with Gasteiger partial charge in [-0.2, -0.15) is 4.31 Å². The highest BCUT2D eigenvalue weighted by Gasteiger charge is 2.40. The first kappa shape index (κ1) is 14.0. The molecule has 19 heavy (non-hydrogen) atoms. The van der Waals surface area contributed by atoms with Crippen LogP contribution in [-0.4, -0.2) is 37.9 Å². The molecule has 1 aliphatic heterocycles. The molecule has 1 atom stereocenters. The minimum Gasteiger partial charge on any atom is -0.313 e. The highest BCUT2D eigenvalue weighted by Crippen LogP contribution is 2.35. The van der Waals surface area contributed by atoms with Crippen LogP contribution in [-0.2, 0) is 10.0 Å². The predicted octanol–water partition coefficient (Wildman–Crippen LogP) is 2.42. The van der Waals surface area contributed by atoms with Crippen molar-refractivity contribution < 1.29 is 8.42 Å². The maximum atomic E-state index is 12.7. The van der Waals surface area contributed by atoms with Gasteiger partial charge in [0.15, 0.2) is 0 Å². The molecule has 1 aromatic heterocycles. The summed E-state index contributed by atoms with van der Waals surface area (Å²) in [4.78, 5) is 0. The van der Waals surface area contributed by atoms with Gasteiger partial charge >= 0.3 is 0 Å². The first-order valence-corrected chi connectivity index (χ1v) is 9.63. The molecule has 1 saturated carbocycles. The Morgan fingerprint density at radius 1 is 1.37 bits per heavy atom. The summed E-state index contributed by atoms with van der Waals surface area (Å²) in [7, 11) is -3.32. The normalized spacial score (nSPS) is 24.2. The summed E-state index contributed by atoms with van der Waals surface area (Å²) in [5.41, 5.74) is 0. The molecule has 0 aromatic carbocycles. The van der Waals surface area contributed by atoms with Gasteiger partial charge < -0.3 is 5.32 Å². The van der Waals surface area contributed by atoms with Gasteiger partial charge in [0.25, 0.3) is 10.0 Å². The Balaban J connectivity index is 1.82. The van der Waals surface area contributed by atoms with Crippen LogP contribution in [0.5, 0.6) is 0 Å². The standard InChI is InChI=1S/C12H17BrN2O2S2/c13-11-5-6-12(18-11)19(16,17)15(10-3-4-10)8-9-2-1-7-14-9/h5-6,9-10,14H,1-4,7-8H2. The van der Waals surface area contributed by atoms with Crippen molar-refractivity contribution in [2.24, 2.45) is 0 Å². The van der Waals surface area contributed by atoms with Crippen LogP contribution < -0.4 is 5.32 Å². The number of sulfonamides is 1. The highest BCUT2D eigenvalue weighted by molar-refractivity contribution is 9.11. The van der Waals surface area contributed by atoms with Gasteiger partial charge in [-0.3, -0.25) is 0 Å². The van der Waals surface area contributed by atoms with Gasteiger partial charge in [0, 0.05) is 18.6 Å². The Labute approximate surface area is 126 Å². The van der Waals surface area contributed by atoms with E-state index in [1.54, 1.807) is 16.4 Å². The van der Waals surface area contributed by atoms with E-state index >= 15 is 0 Å². The lowest BCUT2D eigenvalue weighted by atomic mass is 10.2. The quantitative estimate of drug-likeness (QED) is 0.872. The molecule has 3 rings (SSSR count). The monoisotopic (exact) mass is 364 g/mol. The van der Waals surface area contributed by atoms with E-state index in [4.69, 9.17) is 0 Å². The van der Waals surface area contributed by atoms with Crippen molar-refractivity contribution in [2.75, 3.05) is 13.1 Å². The Kier molecular flexibility index (Phi) is 4.01. The van der Waals surface area contributed by atoms with E-state index in [0.29, 0.717) is 16.8 Å². The molecule has 4 nitrogen and oxygen atoms in total. The molecule has 7 heteroatoms. The van der Waals surface area contributed by atoms with E-state index in [0.717, 1.165) is 36.0 Å². The third-order valence-corrected chi connectivity index (χ3v) is 7.64. The van der Waals surface area contributed by atoms with Gasteiger partial charge in [-0.1, -0.05) is 0 Å². The average molecular weight is 365 g/mol. The van der Waals surface area contributed by atoms with Gasteiger partial charge in [0.2, 0.25) is 0 Å². The number of hydrogen-bond donors (Lipinski definition) is 1. The second-order valence-electron chi connectivity index (χ2n) is 5.16. The van der Waals surface area contributed by atoms with Gasteiger partial charge in [-0.15, -0.1) is 11.3 Å². The van der Waals surface area contributed by atoms with Crippen LogP contribution in [0.2, 0.25) is 0 Å². The van der Waals surface area contributed by atoms with Gasteiger partial charge in [-0.05, 0) is 60.3 Å². The molecule has 106 valence electrons. The highest BCUT2D eigenvalue weighted by atomic mass is 79.9. The fourth-order valence-corrected chi connectivity index (χ4v) is 6.36. The number of rotatable bonds is 5. The van der Waals surface area contributed by atoms with Crippen LogP contribution in [0.1, 0.15) is 25.7 Å². The topological polar surface area (TPSA) is 49.4 Å². The second-order valence-corrected chi connectivity index (χ2v) is 9.74. The maximum absolute atomic E-state index is 12.7. The summed E-state index contributed by atoms with van der Waals surface area (Å²) >= 11 is 4.63. The number of hydrogen-bond acceptors (Lipinski definition) is 4. The molecule has 0 radical (unpaired) electrons. The number of nitrogens with zero attached hydrogens (tertiary/aromatic N) is 1. The van der Waals surface area contributed by atoms with Crippen molar-refractivity contribution in [1.82, 2.24) is 9.62 Å². The molecule has 1 unspecified atom stereocenters. The Bertz CT molecular complexity index is 548. The molecule has 1 N–H and O–H groups in total. The Morgan fingerprint density at radius 3 is 2.68 bits per heavy atom. The molecule has 2 heterocycles. The van der Waals surface area contributed by atoms with Gasteiger partial charge in [0.1, 0.15) is 4.21 Å². The van der Waals surface area contributed by atoms with Crippen LogP contribution in [0.3, 0.4) is 0 Å². The third kappa shape index (κ3) is 3.05. The third-order valence-electron chi connectivity index (χ3n) is 3.63. The van der Waals surface area contributed by atoms with Crippen molar-refractivity contribution in [3.8, 4) is 0 Å². The van der Waals surface area contributed by atoms with Crippen LogP contribution in [0.4, 0.5) is 0 Å². The molecule has 2 aliphatic rings. The summed E-state index contributed by atoms with van der Waals surface area (Å²) in [6, 6.07) is 4.03. The molecule has 0 bridgehead atoms. The summed E-state index contributed by atoms with van der Waals surface area (Å²) < 4.78 is 28.4. The maximum Gasteiger partial charge on any atom is 0.252 e. The molecule has 2 fully saturated rings. The second kappa shape index (κ2) is 5.44. The summed E-state index contributed by atoms with van der Waals surface area (Å²) in [5.74, 6) is 0. The predicted molar refractivity (Wildman–Crippen MR) is 80.0 cm³/mol. The first-order chi connectivity index (χ1) is 9.07. The largest absolute Gasteiger partial charge is 0.313 e. The zero-order valence-electron chi connectivity index (χ0n) is 10.5. The van der Waals surface area contributed by atoms with Crippen LogP contribution in [0.15, 0.2) is 20.1 Å². The minimum atomic E-state index is -3.32. The Hall–Kier alpha value is 0.0500. The van der Waals surface area contributed by atoms with E-state index < -0.39 is 10.0 Å². The number of halogens is 1. The van der Waals surface area contributed by atoms with E-state index in [9.17, 15) is 8.42 Å². The number of nitrogens with one attached hydrogen (secondary N) is 1. The fraction of sp³-hybridized carbons (Fsp3) is 0.667. The first-order valence-electron chi connectivity index (χ1n) is 6.58. The van der Waals surface area contributed by atoms with Crippen molar-refractivity contribution in [3.63, 3.8) is 0 Å².